The molecule has 2 fully saturated rings. The number of halogens is 1. The van der Waals surface area contributed by atoms with E-state index in [9.17, 15) is 14.0 Å². The molecular formula is C21H24FN5O2. The van der Waals surface area contributed by atoms with Crippen molar-refractivity contribution in [1.29, 1.82) is 0 Å². The van der Waals surface area contributed by atoms with Crippen molar-refractivity contribution in [2.75, 3.05) is 50.7 Å². The lowest BCUT2D eigenvalue weighted by Gasteiger charge is -2.35. The zero-order valence-corrected chi connectivity index (χ0v) is 16.2. The molecule has 0 spiro atoms. The van der Waals surface area contributed by atoms with Crippen LogP contribution in [0.4, 0.5) is 14.9 Å². The van der Waals surface area contributed by atoms with E-state index in [1.807, 2.05) is 18.2 Å². The summed E-state index contributed by atoms with van der Waals surface area (Å²) in [5, 5.41) is 0. The molecule has 0 radical (unpaired) electrons. The largest absolute Gasteiger partial charge is 0.339 e. The summed E-state index contributed by atoms with van der Waals surface area (Å²) >= 11 is 0. The number of pyridine rings is 1. The molecule has 1 aromatic heterocycles. The number of carbonyl (C=O) groups excluding carboxylic acids is 2. The molecule has 152 valence electrons. The van der Waals surface area contributed by atoms with Gasteiger partial charge < -0.3 is 9.80 Å². The summed E-state index contributed by atoms with van der Waals surface area (Å²) in [5.41, 5.74) is 1.28. The number of anilines is 1. The highest BCUT2D eigenvalue weighted by atomic mass is 19.1. The van der Waals surface area contributed by atoms with Gasteiger partial charge in [0.25, 0.3) is 0 Å². The van der Waals surface area contributed by atoms with Gasteiger partial charge in [0.1, 0.15) is 12.4 Å². The number of hydrogen-bond donors (Lipinski definition) is 0. The molecule has 0 saturated carbocycles. The van der Waals surface area contributed by atoms with E-state index in [1.165, 1.54) is 15.9 Å². The predicted molar refractivity (Wildman–Crippen MR) is 107 cm³/mol. The van der Waals surface area contributed by atoms with Crippen molar-refractivity contribution in [2.24, 2.45) is 0 Å². The fraction of sp³-hybridized carbons (Fsp3) is 0.381. The molecule has 4 rings (SSSR count). The average Bonchev–Trinajstić information content (AvgIpc) is 3.10. The number of urea groups is 1. The van der Waals surface area contributed by atoms with Gasteiger partial charge in [-0.15, -0.1) is 0 Å². The normalized spacial score (nSPS) is 17.8. The third kappa shape index (κ3) is 4.37. The van der Waals surface area contributed by atoms with Crippen LogP contribution in [-0.4, -0.2) is 77.4 Å². The fourth-order valence-electron chi connectivity index (χ4n) is 3.76. The summed E-state index contributed by atoms with van der Waals surface area (Å²) in [7, 11) is 0. The summed E-state index contributed by atoms with van der Waals surface area (Å²) in [6.07, 6.45) is 1.78. The monoisotopic (exact) mass is 397 g/mol. The van der Waals surface area contributed by atoms with Crippen LogP contribution in [0.25, 0.3) is 0 Å². The second-order valence-electron chi connectivity index (χ2n) is 7.29. The van der Waals surface area contributed by atoms with Crippen LogP contribution in [0, 0.1) is 5.82 Å². The number of benzene rings is 1. The Bertz CT molecular complexity index is 870. The van der Waals surface area contributed by atoms with Gasteiger partial charge in [-0.1, -0.05) is 18.2 Å². The summed E-state index contributed by atoms with van der Waals surface area (Å²) in [4.78, 5) is 36.6. The lowest BCUT2D eigenvalue weighted by atomic mass is 10.2. The van der Waals surface area contributed by atoms with E-state index < -0.39 is 5.82 Å². The Morgan fingerprint density at radius 1 is 0.966 bits per heavy atom. The maximum Gasteiger partial charge on any atom is 0.325 e. The van der Waals surface area contributed by atoms with Crippen LogP contribution in [-0.2, 0) is 11.3 Å². The van der Waals surface area contributed by atoms with Gasteiger partial charge in [0.05, 0.1) is 11.4 Å². The third-order valence-electron chi connectivity index (χ3n) is 5.40. The van der Waals surface area contributed by atoms with Crippen molar-refractivity contribution in [1.82, 2.24) is 19.7 Å². The number of piperazine rings is 1. The van der Waals surface area contributed by atoms with E-state index in [-0.39, 0.29) is 24.2 Å². The minimum absolute atomic E-state index is 0.0318. The van der Waals surface area contributed by atoms with E-state index in [0.717, 1.165) is 25.3 Å². The smallest absolute Gasteiger partial charge is 0.325 e. The van der Waals surface area contributed by atoms with Gasteiger partial charge in [-0.25, -0.2) is 9.18 Å². The first kappa shape index (κ1) is 19.3. The molecule has 3 heterocycles. The summed E-state index contributed by atoms with van der Waals surface area (Å²) in [6, 6.07) is 11.8. The van der Waals surface area contributed by atoms with E-state index in [0.29, 0.717) is 26.2 Å². The molecule has 3 amide bonds. The summed E-state index contributed by atoms with van der Waals surface area (Å²) in [5.74, 6) is -0.496. The lowest BCUT2D eigenvalue weighted by molar-refractivity contribution is -0.133. The maximum absolute atomic E-state index is 14.0. The Labute approximate surface area is 169 Å². The number of rotatable bonds is 5. The minimum atomic E-state index is -0.432. The number of amides is 3. The Balaban J connectivity index is 1.28. The topological polar surface area (TPSA) is 60.0 Å². The zero-order valence-electron chi connectivity index (χ0n) is 16.2. The Morgan fingerprint density at radius 2 is 1.72 bits per heavy atom. The number of carbonyl (C=O) groups is 2. The standard InChI is InChI=1S/C21H24FN5O2/c22-18-6-1-2-7-19(18)27-14-13-26(21(27)29)16-20(28)25-11-9-24(10-12-25)15-17-5-3-4-8-23-17/h1-8H,9-16H2. The zero-order chi connectivity index (χ0) is 20.2. The molecule has 2 aliphatic heterocycles. The van der Waals surface area contributed by atoms with Crippen LogP contribution in [0.2, 0.25) is 0 Å². The van der Waals surface area contributed by atoms with Crippen LogP contribution >= 0.6 is 0 Å². The lowest BCUT2D eigenvalue weighted by Crippen LogP contribution is -2.51. The second-order valence-corrected chi connectivity index (χ2v) is 7.29. The predicted octanol–water partition coefficient (Wildman–Crippen LogP) is 1.81. The highest BCUT2D eigenvalue weighted by molar-refractivity contribution is 5.96. The number of aromatic nitrogens is 1. The van der Waals surface area contributed by atoms with Crippen LogP contribution < -0.4 is 4.90 Å². The van der Waals surface area contributed by atoms with Gasteiger partial charge in [-0.3, -0.25) is 19.6 Å². The van der Waals surface area contributed by atoms with Gasteiger partial charge in [0.15, 0.2) is 0 Å². The number of para-hydroxylation sites is 1. The van der Waals surface area contributed by atoms with Crippen molar-refractivity contribution < 1.29 is 14.0 Å². The van der Waals surface area contributed by atoms with E-state index >= 15 is 0 Å². The molecular weight excluding hydrogens is 373 g/mol. The maximum atomic E-state index is 14.0. The highest BCUT2D eigenvalue weighted by Gasteiger charge is 2.33. The molecule has 2 aliphatic rings. The highest BCUT2D eigenvalue weighted by Crippen LogP contribution is 2.23. The molecule has 0 N–H and O–H groups in total. The first-order valence-corrected chi connectivity index (χ1v) is 9.83. The molecule has 1 aromatic carbocycles. The number of hydrogen-bond acceptors (Lipinski definition) is 4. The Morgan fingerprint density at radius 3 is 2.45 bits per heavy atom. The van der Waals surface area contributed by atoms with Crippen LogP contribution in [0.15, 0.2) is 48.7 Å². The van der Waals surface area contributed by atoms with Gasteiger partial charge in [-0.2, -0.15) is 0 Å². The first-order valence-electron chi connectivity index (χ1n) is 9.83. The van der Waals surface area contributed by atoms with Crippen LogP contribution in [0.5, 0.6) is 0 Å². The van der Waals surface area contributed by atoms with Crippen molar-refractivity contribution in [3.63, 3.8) is 0 Å². The minimum Gasteiger partial charge on any atom is -0.339 e. The second kappa shape index (κ2) is 8.57. The van der Waals surface area contributed by atoms with E-state index in [1.54, 1.807) is 29.3 Å². The van der Waals surface area contributed by atoms with Crippen molar-refractivity contribution in [3.05, 3.63) is 60.2 Å². The summed E-state index contributed by atoms with van der Waals surface area (Å²) in [6.45, 7) is 4.41. The average molecular weight is 397 g/mol. The molecule has 29 heavy (non-hydrogen) atoms. The van der Waals surface area contributed by atoms with Crippen molar-refractivity contribution >= 4 is 17.6 Å². The van der Waals surface area contributed by atoms with Crippen molar-refractivity contribution in [2.45, 2.75) is 6.54 Å². The molecule has 0 atom stereocenters. The van der Waals surface area contributed by atoms with Gasteiger partial charge in [0.2, 0.25) is 5.91 Å². The molecule has 2 aromatic rings. The van der Waals surface area contributed by atoms with Gasteiger partial charge in [0, 0.05) is 52.0 Å². The molecule has 8 heteroatoms. The van der Waals surface area contributed by atoms with Crippen molar-refractivity contribution in [3.8, 4) is 0 Å². The quantitative estimate of drug-likeness (QED) is 0.772. The SMILES string of the molecule is O=C(CN1CCN(c2ccccc2F)C1=O)N1CCN(Cc2ccccn2)CC1. The molecule has 2 saturated heterocycles. The molecule has 0 aliphatic carbocycles. The van der Waals surface area contributed by atoms with E-state index in [4.69, 9.17) is 0 Å². The van der Waals surface area contributed by atoms with Gasteiger partial charge >= 0.3 is 6.03 Å². The first-order chi connectivity index (χ1) is 14.1. The van der Waals surface area contributed by atoms with Crippen LogP contribution in [0.3, 0.4) is 0 Å². The molecule has 0 bridgehead atoms. The Kier molecular flexibility index (Phi) is 5.71. The third-order valence-corrected chi connectivity index (χ3v) is 5.40. The summed E-state index contributed by atoms with van der Waals surface area (Å²) < 4.78 is 14.0. The fourth-order valence-corrected chi connectivity index (χ4v) is 3.76. The molecule has 0 unspecified atom stereocenters. The van der Waals surface area contributed by atoms with E-state index in [2.05, 4.69) is 9.88 Å². The van der Waals surface area contributed by atoms with Crippen LogP contribution in [0.1, 0.15) is 5.69 Å². The van der Waals surface area contributed by atoms with Gasteiger partial charge in [-0.05, 0) is 24.3 Å². The number of nitrogens with zero attached hydrogens (tertiary/aromatic N) is 5. The Hall–Kier alpha value is -3.00. The molecule has 7 nitrogen and oxygen atoms in total.